The third kappa shape index (κ3) is 5.61. The smallest absolute Gasteiger partial charge is 0.331 e. The summed E-state index contributed by atoms with van der Waals surface area (Å²) in [7, 11) is 0. The van der Waals surface area contributed by atoms with E-state index in [0.717, 1.165) is 5.56 Å². The number of amides is 2. The van der Waals surface area contributed by atoms with Gasteiger partial charge in [-0.2, -0.15) is 0 Å². The lowest BCUT2D eigenvalue weighted by Crippen LogP contribution is -2.51. The van der Waals surface area contributed by atoms with Gasteiger partial charge in [-0.3, -0.25) is 9.59 Å². The van der Waals surface area contributed by atoms with Crippen molar-refractivity contribution < 1.29 is 23.9 Å². The standard InChI is InChI=1S/C19H24N2O5/c1-3-25-17-7-5-4-6-16(17)8-9-19(24)26-14-18(23)21-12-10-20(11-13-21)15(2)22/h4-9H,3,10-14H2,1-2H3/b9-8+. The van der Waals surface area contributed by atoms with E-state index in [1.54, 1.807) is 15.9 Å². The Bertz CT molecular complexity index is 678. The number of carbonyl (C=O) groups is 3. The van der Waals surface area contributed by atoms with E-state index < -0.39 is 5.97 Å². The fourth-order valence-electron chi connectivity index (χ4n) is 2.61. The van der Waals surface area contributed by atoms with Gasteiger partial charge < -0.3 is 19.3 Å². The maximum atomic E-state index is 12.1. The predicted octanol–water partition coefficient (Wildman–Crippen LogP) is 1.33. The van der Waals surface area contributed by atoms with Gasteiger partial charge in [0.15, 0.2) is 6.61 Å². The highest BCUT2D eigenvalue weighted by Crippen LogP contribution is 2.19. The number of para-hydroxylation sites is 1. The minimum atomic E-state index is -0.591. The van der Waals surface area contributed by atoms with E-state index in [2.05, 4.69) is 0 Å². The minimum Gasteiger partial charge on any atom is -0.493 e. The van der Waals surface area contributed by atoms with Crippen LogP contribution in [0, 0.1) is 0 Å². The van der Waals surface area contributed by atoms with E-state index in [1.807, 2.05) is 31.2 Å². The number of rotatable bonds is 6. The highest BCUT2D eigenvalue weighted by molar-refractivity contribution is 5.89. The van der Waals surface area contributed by atoms with Gasteiger partial charge >= 0.3 is 5.97 Å². The molecule has 0 saturated carbocycles. The normalized spacial score (nSPS) is 14.4. The summed E-state index contributed by atoms with van der Waals surface area (Å²) in [5, 5.41) is 0. The van der Waals surface area contributed by atoms with E-state index in [-0.39, 0.29) is 18.4 Å². The number of piperazine rings is 1. The molecule has 0 aromatic heterocycles. The summed E-state index contributed by atoms with van der Waals surface area (Å²) in [6, 6.07) is 7.34. The highest BCUT2D eigenvalue weighted by Gasteiger charge is 2.22. The number of hydrogen-bond acceptors (Lipinski definition) is 5. The molecule has 1 saturated heterocycles. The fourth-order valence-corrected chi connectivity index (χ4v) is 2.61. The van der Waals surface area contributed by atoms with Crippen molar-refractivity contribution in [3.8, 4) is 5.75 Å². The number of carbonyl (C=O) groups excluding carboxylic acids is 3. The summed E-state index contributed by atoms with van der Waals surface area (Å²) in [5.74, 6) is -0.170. The van der Waals surface area contributed by atoms with Crippen LogP contribution in [0.15, 0.2) is 30.3 Å². The van der Waals surface area contributed by atoms with E-state index in [1.165, 1.54) is 13.0 Å². The van der Waals surface area contributed by atoms with Crippen molar-refractivity contribution >= 4 is 23.9 Å². The van der Waals surface area contributed by atoms with Crippen LogP contribution in [0.2, 0.25) is 0 Å². The summed E-state index contributed by atoms with van der Waals surface area (Å²) in [6.07, 6.45) is 2.88. The lowest BCUT2D eigenvalue weighted by atomic mass is 10.2. The molecule has 7 heteroatoms. The molecule has 2 rings (SSSR count). The molecule has 0 aliphatic carbocycles. The molecule has 1 aliphatic heterocycles. The first kappa shape index (κ1) is 19.5. The average Bonchev–Trinajstić information content (AvgIpc) is 2.65. The molecule has 0 radical (unpaired) electrons. The number of ether oxygens (including phenoxy) is 2. The number of benzene rings is 1. The highest BCUT2D eigenvalue weighted by atomic mass is 16.5. The lowest BCUT2D eigenvalue weighted by molar-refractivity contribution is -0.149. The van der Waals surface area contributed by atoms with Gasteiger partial charge in [0.2, 0.25) is 5.91 Å². The van der Waals surface area contributed by atoms with Crippen molar-refractivity contribution in [2.45, 2.75) is 13.8 Å². The van der Waals surface area contributed by atoms with Crippen molar-refractivity contribution in [3.05, 3.63) is 35.9 Å². The third-order valence-electron chi connectivity index (χ3n) is 4.03. The summed E-state index contributed by atoms with van der Waals surface area (Å²) >= 11 is 0. The molecule has 1 aromatic carbocycles. The molecule has 2 amide bonds. The van der Waals surface area contributed by atoms with Gasteiger partial charge in [-0.15, -0.1) is 0 Å². The Kier molecular flexibility index (Phi) is 7.20. The second-order valence-corrected chi connectivity index (χ2v) is 5.80. The van der Waals surface area contributed by atoms with Crippen LogP contribution in [0.3, 0.4) is 0 Å². The van der Waals surface area contributed by atoms with Crippen molar-refractivity contribution in [2.24, 2.45) is 0 Å². The van der Waals surface area contributed by atoms with E-state index >= 15 is 0 Å². The van der Waals surface area contributed by atoms with Gasteiger partial charge in [0.1, 0.15) is 5.75 Å². The van der Waals surface area contributed by atoms with Crippen LogP contribution in [0.25, 0.3) is 6.08 Å². The largest absolute Gasteiger partial charge is 0.493 e. The summed E-state index contributed by atoms with van der Waals surface area (Å²) < 4.78 is 10.5. The zero-order valence-electron chi connectivity index (χ0n) is 15.1. The monoisotopic (exact) mass is 360 g/mol. The molecular weight excluding hydrogens is 336 g/mol. The Balaban J connectivity index is 1.80. The topological polar surface area (TPSA) is 76.2 Å². The zero-order chi connectivity index (χ0) is 18.9. The number of esters is 1. The minimum absolute atomic E-state index is 0.000924. The molecule has 1 heterocycles. The first-order chi connectivity index (χ1) is 12.5. The summed E-state index contributed by atoms with van der Waals surface area (Å²) in [6.45, 7) is 5.52. The second-order valence-electron chi connectivity index (χ2n) is 5.80. The van der Waals surface area contributed by atoms with Crippen molar-refractivity contribution in [1.29, 1.82) is 0 Å². The van der Waals surface area contributed by atoms with Crippen molar-refractivity contribution in [2.75, 3.05) is 39.4 Å². The number of hydrogen-bond donors (Lipinski definition) is 0. The molecule has 0 bridgehead atoms. The molecule has 1 fully saturated rings. The summed E-state index contributed by atoms with van der Waals surface area (Å²) in [5.41, 5.74) is 0.762. The Labute approximate surface area is 153 Å². The molecule has 1 aromatic rings. The van der Waals surface area contributed by atoms with Gasteiger partial charge in [-0.05, 0) is 19.1 Å². The lowest BCUT2D eigenvalue weighted by Gasteiger charge is -2.34. The average molecular weight is 360 g/mol. The second kappa shape index (κ2) is 9.60. The van der Waals surface area contributed by atoms with Crippen LogP contribution in [0.5, 0.6) is 5.75 Å². The molecule has 7 nitrogen and oxygen atoms in total. The molecule has 0 N–H and O–H groups in total. The maximum absolute atomic E-state index is 12.1. The van der Waals surface area contributed by atoms with E-state index in [4.69, 9.17) is 9.47 Å². The molecule has 1 aliphatic rings. The van der Waals surface area contributed by atoms with Crippen molar-refractivity contribution in [3.63, 3.8) is 0 Å². The molecule has 0 atom stereocenters. The summed E-state index contributed by atoms with van der Waals surface area (Å²) in [4.78, 5) is 38.5. The van der Waals surface area contributed by atoms with Crippen LogP contribution in [-0.2, 0) is 19.1 Å². The Hall–Kier alpha value is -2.83. The fraction of sp³-hybridized carbons (Fsp3) is 0.421. The van der Waals surface area contributed by atoms with E-state index in [0.29, 0.717) is 38.5 Å². The molecule has 0 spiro atoms. The number of nitrogens with zero attached hydrogens (tertiary/aromatic N) is 2. The molecular formula is C19H24N2O5. The van der Waals surface area contributed by atoms with Gasteiger partial charge in [0.25, 0.3) is 5.91 Å². The first-order valence-corrected chi connectivity index (χ1v) is 8.61. The zero-order valence-corrected chi connectivity index (χ0v) is 15.1. The Morgan fingerprint density at radius 1 is 1.08 bits per heavy atom. The third-order valence-corrected chi connectivity index (χ3v) is 4.03. The van der Waals surface area contributed by atoms with Gasteiger partial charge in [0.05, 0.1) is 6.61 Å². The van der Waals surface area contributed by atoms with Crippen LogP contribution < -0.4 is 4.74 Å². The van der Waals surface area contributed by atoms with Crippen molar-refractivity contribution in [1.82, 2.24) is 9.80 Å². The maximum Gasteiger partial charge on any atom is 0.331 e. The SMILES string of the molecule is CCOc1ccccc1/C=C/C(=O)OCC(=O)N1CCN(C(C)=O)CC1. The van der Waals surface area contributed by atoms with Gasteiger partial charge in [0, 0.05) is 44.7 Å². The Morgan fingerprint density at radius 3 is 2.38 bits per heavy atom. The van der Waals surface area contributed by atoms with Gasteiger partial charge in [-0.1, -0.05) is 18.2 Å². The van der Waals surface area contributed by atoms with Gasteiger partial charge in [-0.25, -0.2) is 4.79 Å². The Morgan fingerprint density at radius 2 is 1.73 bits per heavy atom. The molecule has 140 valence electrons. The predicted molar refractivity (Wildman–Crippen MR) is 96.4 cm³/mol. The quantitative estimate of drug-likeness (QED) is 0.565. The van der Waals surface area contributed by atoms with Crippen LogP contribution in [0.1, 0.15) is 19.4 Å². The first-order valence-electron chi connectivity index (χ1n) is 8.61. The van der Waals surface area contributed by atoms with Crippen LogP contribution >= 0.6 is 0 Å². The van der Waals surface area contributed by atoms with Crippen LogP contribution in [0.4, 0.5) is 0 Å². The van der Waals surface area contributed by atoms with E-state index in [9.17, 15) is 14.4 Å². The molecule has 26 heavy (non-hydrogen) atoms. The van der Waals surface area contributed by atoms with Crippen LogP contribution in [-0.4, -0.2) is 67.0 Å². The molecule has 0 unspecified atom stereocenters.